The van der Waals surface area contributed by atoms with Crippen LogP contribution in [0.5, 0.6) is 0 Å². The third-order valence-electron chi connectivity index (χ3n) is 0. The van der Waals surface area contributed by atoms with Gasteiger partial charge in [-0.05, 0) is 0 Å². The average Bonchev–Trinajstić information content (AvgIpc) is 0.811. The first-order valence-corrected chi connectivity index (χ1v) is 0.928. The van der Waals surface area contributed by atoms with Gasteiger partial charge >= 0.3 is 0 Å². The molecule has 0 spiro atoms. The van der Waals surface area contributed by atoms with Crippen LogP contribution in [-0.4, -0.2) is 33.0 Å². The van der Waals surface area contributed by atoms with Crippen molar-refractivity contribution >= 4 is 5.97 Å². The second-order valence-electron chi connectivity index (χ2n) is 0.519. The zero-order chi connectivity index (χ0) is 3.58. The van der Waals surface area contributed by atoms with E-state index in [2.05, 4.69) is 0 Å². The summed E-state index contributed by atoms with van der Waals surface area (Å²) in [5, 5.41) is 7.42. The minimum Gasteiger partial charge on any atom is -0.481 e. The summed E-state index contributed by atoms with van der Waals surface area (Å²) in [6.07, 6.45) is 0. The summed E-state index contributed by atoms with van der Waals surface area (Å²) in [4.78, 5) is 9.00. The van der Waals surface area contributed by atoms with Gasteiger partial charge in [-0.3, -0.25) is 4.79 Å². The Labute approximate surface area is 90.7 Å². The van der Waals surface area contributed by atoms with Crippen molar-refractivity contribution in [3.05, 3.63) is 0 Å². The van der Waals surface area contributed by atoms with Crippen molar-refractivity contribution in [2.24, 2.45) is 0 Å². The van der Waals surface area contributed by atoms with E-state index in [0.717, 1.165) is 6.92 Å². The van der Waals surface area contributed by atoms with Crippen molar-refractivity contribution in [3.63, 3.8) is 0 Å². The molecule has 0 unspecified atom stereocenters. The summed E-state index contributed by atoms with van der Waals surface area (Å²) in [6, 6.07) is 0. The third-order valence-corrected chi connectivity index (χ3v) is 0. The number of carboxylic acids is 1. The van der Waals surface area contributed by atoms with Crippen LogP contribution in [0.1, 0.15) is 6.92 Å². The summed E-state index contributed by atoms with van der Waals surface area (Å²) in [5.74, 6) is -0.833. The van der Waals surface area contributed by atoms with Gasteiger partial charge in [0.05, 0.1) is 0 Å². The van der Waals surface area contributed by atoms with Crippen LogP contribution < -0.4 is 0 Å². The van der Waals surface area contributed by atoms with Gasteiger partial charge in [-0.1, -0.05) is 0 Å². The number of rotatable bonds is 0. The van der Waals surface area contributed by atoms with Crippen LogP contribution in [0.25, 0.3) is 0 Å². The zero-order valence-electron chi connectivity index (χ0n) is 4.62. The Kier molecular flexibility index (Phi) is 214. The smallest absolute Gasteiger partial charge is 0.300 e. The molecule has 0 amide bonds. The van der Waals surface area contributed by atoms with Crippen molar-refractivity contribution in [3.8, 4) is 0 Å². The van der Waals surface area contributed by atoms with Crippen molar-refractivity contribution < 1.29 is 78.7 Å². The minimum atomic E-state index is -0.833. The van der Waals surface area contributed by atoms with E-state index >= 15 is 0 Å². The predicted octanol–water partition coefficient (Wildman–Crippen LogP) is -3.21. The van der Waals surface area contributed by atoms with E-state index in [1.807, 2.05) is 0 Å². The fourth-order valence-corrected chi connectivity index (χ4v) is 0. The fourth-order valence-electron chi connectivity index (χ4n) is 0. The summed E-state index contributed by atoms with van der Waals surface area (Å²) in [7, 11) is 0. The molecule has 0 aromatic heterocycles. The van der Waals surface area contributed by atoms with E-state index in [1.54, 1.807) is 0 Å². The third kappa shape index (κ3) is 599. The molecule has 0 radical (unpaired) electrons. The van der Waals surface area contributed by atoms with E-state index < -0.39 is 5.97 Å². The molecule has 6 nitrogen and oxygen atoms in total. The van der Waals surface area contributed by atoms with Crippen molar-refractivity contribution in [2.45, 2.75) is 6.92 Å². The predicted molar refractivity (Wildman–Crippen MR) is 27.8 cm³/mol. The molecule has 7 heteroatoms. The van der Waals surface area contributed by atoms with Gasteiger partial charge in [-0.2, -0.15) is 0 Å². The van der Waals surface area contributed by atoms with E-state index in [0.29, 0.717) is 0 Å². The summed E-state index contributed by atoms with van der Waals surface area (Å²) >= 11 is 0. The average molecular weight is 305 g/mol. The van der Waals surface area contributed by atoms with Gasteiger partial charge in [-0.15, -0.1) is 0 Å². The molecule has 0 aliphatic rings. The Hall–Kier alpha value is 0.829. The van der Waals surface area contributed by atoms with Crippen LogP contribution >= 0.6 is 0 Å². The van der Waals surface area contributed by atoms with E-state index in [9.17, 15) is 0 Å². The first-order chi connectivity index (χ1) is 1.73. The van der Waals surface area contributed by atoms with Crippen LogP contribution in [-0.2, 0) is 4.79 Å². The van der Waals surface area contributed by atoms with Crippen LogP contribution in [0.4, 0.5) is 0 Å². The van der Waals surface area contributed by atoms with Gasteiger partial charge in [0.2, 0.25) is 0 Å². The Bertz CT molecular complexity index is 34.0. The maximum Gasteiger partial charge on any atom is 0.300 e. The van der Waals surface area contributed by atoms with Crippen LogP contribution in [0, 0.1) is 46.9 Å². The molecule has 0 atom stereocenters. The molecule has 0 saturated heterocycles. The summed E-state index contributed by atoms with van der Waals surface area (Å²) in [5.41, 5.74) is 0. The molecule has 0 aliphatic carbocycles. The molecule has 70 valence electrons. The number of hydrogen-bond donors (Lipinski definition) is 1. The summed E-state index contributed by atoms with van der Waals surface area (Å²) in [6.45, 7) is 1.08. The normalized spacial score (nSPS) is 2.78. The second kappa shape index (κ2) is 36.9. The van der Waals surface area contributed by atoms with Crippen molar-refractivity contribution in [1.29, 1.82) is 0 Å². The zero-order valence-corrected chi connectivity index (χ0v) is 6.34. The number of aliphatic carboxylic acids is 1. The number of carboxylic acid groups (broad SMARTS) is 1. The first kappa shape index (κ1) is 52.3. The van der Waals surface area contributed by atoms with Gasteiger partial charge in [0.1, 0.15) is 0 Å². The Morgan fingerprint density at radius 1 is 1.11 bits per heavy atom. The quantitative estimate of drug-likeness (QED) is 0.498. The van der Waals surface area contributed by atoms with Gasteiger partial charge in [-0.25, -0.2) is 0 Å². The SMILES string of the molecule is CC(=O)O.O.O.O.O.[Yb]. The van der Waals surface area contributed by atoms with E-state index in [1.165, 1.54) is 0 Å². The molecular weight excluding hydrogens is 293 g/mol. The Morgan fingerprint density at radius 2 is 1.11 bits per heavy atom. The Morgan fingerprint density at radius 3 is 1.11 bits per heavy atom. The molecule has 0 bridgehead atoms. The molecule has 0 aliphatic heterocycles. The maximum absolute atomic E-state index is 9.00. The standard InChI is InChI=1S/C2H4O2.4H2O.Yb/c1-2(3)4;;;;;/h1H3,(H,3,4);4*1H2;. The van der Waals surface area contributed by atoms with Gasteiger partial charge < -0.3 is 27.0 Å². The largest absolute Gasteiger partial charge is 0.481 e. The molecule has 0 saturated carbocycles. The molecule has 0 aromatic carbocycles. The topological polar surface area (TPSA) is 163 Å². The van der Waals surface area contributed by atoms with Crippen LogP contribution in [0.2, 0.25) is 0 Å². The fraction of sp³-hybridized carbons (Fsp3) is 0.500. The summed E-state index contributed by atoms with van der Waals surface area (Å²) < 4.78 is 0. The first-order valence-electron chi connectivity index (χ1n) is 0.928. The van der Waals surface area contributed by atoms with E-state index in [-0.39, 0.29) is 68.8 Å². The van der Waals surface area contributed by atoms with Gasteiger partial charge in [0.25, 0.3) is 5.97 Å². The molecule has 0 heterocycles. The molecule has 0 fully saturated rings. The van der Waals surface area contributed by atoms with Crippen molar-refractivity contribution in [2.75, 3.05) is 0 Å². The van der Waals surface area contributed by atoms with Crippen LogP contribution in [0.15, 0.2) is 0 Å². The molecule has 9 heavy (non-hydrogen) atoms. The number of hydrogen-bond acceptors (Lipinski definition) is 1. The second-order valence-corrected chi connectivity index (χ2v) is 0.519. The monoisotopic (exact) mass is 306 g/mol. The molecule has 9 N–H and O–H groups in total. The van der Waals surface area contributed by atoms with Gasteiger partial charge in [0, 0.05) is 53.8 Å². The van der Waals surface area contributed by atoms with E-state index in [4.69, 9.17) is 9.90 Å². The Balaban J connectivity index is -0.00000000450. The molecular formula is C2H12O6Yb. The van der Waals surface area contributed by atoms with Gasteiger partial charge in [0.15, 0.2) is 0 Å². The van der Waals surface area contributed by atoms with Crippen molar-refractivity contribution in [1.82, 2.24) is 0 Å². The molecule has 0 rings (SSSR count). The molecule has 0 aromatic rings. The van der Waals surface area contributed by atoms with Crippen LogP contribution in [0.3, 0.4) is 0 Å². The number of carbonyl (C=O) groups is 1. The maximum atomic E-state index is 9.00. The minimum absolute atomic E-state index is 0.